The third-order valence-electron chi connectivity index (χ3n) is 14.1. The average molecular weight is 700 g/mol. The lowest BCUT2D eigenvalue weighted by Crippen LogP contribution is -2.63. The van der Waals surface area contributed by atoms with Crippen molar-refractivity contribution in [1.29, 1.82) is 0 Å². The highest BCUT2D eigenvalue weighted by Crippen LogP contribution is 2.51. The summed E-state index contributed by atoms with van der Waals surface area (Å²) in [4.78, 5) is 49.0. The fourth-order valence-electron chi connectivity index (χ4n) is 11.3. The zero-order valence-corrected chi connectivity index (χ0v) is 31.6. The minimum atomic E-state index is -0.735. The Morgan fingerprint density at radius 3 is 1.98 bits per heavy atom. The van der Waals surface area contributed by atoms with E-state index < -0.39 is 16.6 Å². The number of hydrogen-bond acceptors (Lipinski definition) is 6. The van der Waals surface area contributed by atoms with Gasteiger partial charge in [0.2, 0.25) is 0 Å². The molecular formula is C46H57N3O3. The highest BCUT2D eigenvalue weighted by atomic mass is 16.1. The van der Waals surface area contributed by atoms with Crippen LogP contribution in [0, 0.1) is 6.92 Å². The Labute approximate surface area is 310 Å². The normalized spacial score (nSPS) is 33.3. The van der Waals surface area contributed by atoms with Crippen LogP contribution in [0.25, 0.3) is 0 Å². The number of hydrogen-bond donors (Lipinski definition) is 1. The molecule has 3 aliphatic carbocycles. The van der Waals surface area contributed by atoms with E-state index >= 15 is 9.59 Å². The van der Waals surface area contributed by atoms with Crippen LogP contribution in [0.4, 0.5) is 0 Å². The molecule has 2 heterocycles. The van der Waals surface area contributed by atoms with Crippen molar-refractivity contribution >= 4 is 17.3 Å². The van der Waals surface area contributed by atoms with Crippen molar-refractivity contribution in [3.8, 4) is 0 Å². The van der Waals surface area contributed by atoms with Crippen molar-refractivity contribution in [2.45, 2.75) is 132 Å². The van der Waals surface area contributed by atoms with Crippen molar-refractivity contribution in [3.05, 3.63) is 106 Å². The van der Waals surface area contributed by atoms with Crippen molar-refractivity contribution in [1.82, 2.24) is 15.1 Å². The Morgan fingerprint density at radius 1 is 0.635 bits per heavy atom. The number of aryl methyl sites for hydroxylation is 1. The van der Waals surface area contributed by atoms with Gasteiger partial charge in [0.25, 0.3) is 0 Å². The van der Waals surface area contributed by atoms with E-state index in [1.807, 2.05) is 13.1 Å². The van der Waals surface area contributed by atoms with Crippen LogP contribution in [0.2, 0.25) is 0 Å². The molecule has 3 aromatic rings. The molecule has 0 amide bonds. The Hall–Kier alpha value is -3.45. The van der Waals surface area contributed by atoms with Crippen LogP contribution in [0.3, 0.4) is 0 Å². The zero-order valence-electron chi connectivity index (χ0n) is 31.6. The summed E-state index contributed by atoms with van der Waals surface area (Å²) in [5.41, 5.74) is 4.37. The lowest BCUT2D eigenvalue weighted by molar-refractivity contribution is -0.145. The van der Waals surface area contributed by atoms with Gasteiger partial charge in [0, 0.05) is 30.8 Å². The average Bonchev–Trinajstić information content (AvgIpc) is 3.71. The summed E-state index contributed by atoms with van der Waals surface area (Å²) in [6.45, 7) is 7.13. The van der Waals surface area contributed by atoms with E-state index in [-0.39, 0.29) is 23.4 Å². The topological polar surface area (TPSA) is 69.7 Å². The lowest BCUT2D eigenvalue weighted by atomic mass is 9.65. The van der Waals surface area contributed by atoms with E-state index in [9.17, 15) is 4.79 Å². The number of ketones is 3. The number of likely N-dealkylation sites (N-methyl/N-ethyl adjacent to an activating group) is 1. The van der Waals surface area contributed by atoms with E-state index in [1.54, 1.807) is 0 Å². The van der Waals surface area contributed by atoms with Crippen LogP contribution >= 0.6 is 0 Å². The largest absolute Gasteiger partial charge is 0.304 e. The first-order valence-corrected chi connectivity index (χ1v) is 20.4. The van der Waals surface area contributed by atoms with Gasteiger partial charge in [-0.2, -0.15) is 0 Å². The quantitative estimate of drug-likeness (QED) is 0.256. The van der Waals surface area contributed by atoms with Gasteiger partial charge in [0.1, 0.15) is 16.6 Å². The smallest absolute Gasteiger partial charge is 0.165 e. The number of likely N-dealkylation sites (tertiary alicyclic amines) is 2. The van der Waals surface area contributed by atoms with Gasteiger partial charge < -0.3 is 5.32 Å². The Balaban J connectivity index is 1.18. The summed E-state index contributed by atoms with van der Waals surface area (Å²) >= 11 is 0. The Morgan fingerprint density at radius 2 is 1.31 bits per heavy atom. The molecule has 0 radical (unpaired) electrons. The van der Waals surface area contributed by atoms with Gasteiger partial charge in [-0.3, -0.25) is 24.2 Å². The van der Waals surface area contributed by atoms with E-state index in [0.717, 1.165) is 130 Å². The van der Waals surface area contributed by atoms with E-state index in [0.29, 0.717) is 18.2 Å². The highest BCUT2D eigenvalue weighted by molar-refractivity contribution is 5.98. The molecule has 0 spiro atoms. The molecule has 2 aliphatic heterocycles. The third-order valence-corrected chi connectivity index (χ3v) is 14.1. The number of nitrogens with one attached hydrogen (secondary N) is 1. The summed E-state index contributed by atoms with van der Waals surface area (Å²) < 4.78 is 0. The van der Waals surface area contributed by atoms with Crippen molar-refractivity contribution < 1.29 is 14.4 Å². The van der Waals surface area contributed by atoms with E-state index in [1.165, 1.54) is 0 Å². The predicted molar refractivity (Wildman–Crippen MR) is 206 cm³/mol. The second kappa shape index (κ2) is 14.1. The van der Waals surface area contributed by atoms with Crippen LogP contribution in [0.5, 0.6) is 0 Å². The zero-order chi connectivity index (χ0) is 36.1. The number of Topliss-reactive ketones (excluding diaryl/α,β-unsaturated/α-hetero) is 3. The molecule has 5 fully saturated rings. The number of benzene rings is 3. The van der Waals surface area contributed by atoms with Gasteiger partial charge in [-0.05, 0) is 132 Å². The number of carbonyl (C=O) groups excluding carboxylic acids is 3. The molecule has 3 aromatic carbocycles. The Kier molecular flexibility index (Phi) is 9.63. The van der Waals surface area contributed by atoms with Crippen LogP contribution in [0.15, 0.2) is 72.8 Å². The van der Waals surface area contributed by atoms with Crippen LogP contribution in [-0.4, -0.2) is 59.9 Å². The molecule has 8 rings (SSSR count). The maximum Gasteiger partial charge on any atom is 0.165 e. The number of rotatable bonds is 8. The molecule has 0 aromatic heterocycles. The first-order valence-electron chi connectivity index (χ1n) is 20.4. The molecule has 6 unspecified atom stereocenters. The summed E-state index contributed by atoms with van der Waals surface area (Å²) in [5.74, 6) is 0.398. The summed E-state index contributed by atoms with van der Waals surface area (Å²) in [6.07, 6.45) is 11.9. The van der Waals surface area contributed by atoms with Crippen molar-refractivity contribution in [2.75, 3.05) is 26.7 Å². The van der Waals surface area contributed by atoms with Gasteiger partial charge >= 0.3 is 0 Å². The molecule has 6 nitrogen and oxygen atoms in total. The van der Waals surface area contributed by atoms with Gasteiger partial charge in [0.15, 0.2) is 17.3 Å². The maximum atomic E-state index is 15.5. The molecule has 52 heavy (non-hydrogen) atoms. The summed E-state index contributed by atoms with van der Waals surface area (Å²) in [6, 6.07) is 26.1. The lowest BCUT2D eigenvalue weighted by Gasteiger charge is -2.55. The first kappa shape index (κ1) is 35.6. The van der Waals surface area contributed by atoms with Crippen LogP contribution in [0.1, 0.15) is 136 Å². The third kappa shape index (κ3) is 5.58. The molecule has 0 bridgehead atoms. The molecule has 1 N–H and O–H groups in total. The van der Waals surface area contributed by atoms with Crippen molar-refractivity contribution in [3.63, 3.8) is 0 Å². The van der Waals surface area contributed by atoms with Gasteiger partial charge in [-0.25, -0.2) is 0 Å². The van der Waals surface area contributed by atoms with Crippen molar-refractivity contribution in [2.24, 2.45) is 0 Å². The minimum Gasteiger partial charge on any atom is -0.304 e. The molecule has 274 valence electrons. The molecular weight excluding hydrogens is 643 g/mol. The molecule has 6 heteroatoms. The minimum absolute atomic E-state index is 0.211. The standard InChI is InChI=1S/C46H57N3O3/c1-32-28-35(31-38(29-32)44(47-3)22-8-7-20-41(44)50)40-19-12-23-45(42(40)51,48-25-9-10-26-48)37-17-11-14-34(30-37)39-18-13-24-46(43(39)52,49-27-21-33(49)2)36-15-5-4-6-16-36/h4-6,11,14-17,28-31,33,39-40,47H,7-10,12-13,18-27H2,1-3H3. The molecule has 3 saturated carbocycles. The highest BCUT2D eigenvalue weighted by Gasteiger charge is 2.55. The van der Waals surface area contributed by atoms with E-state index in [4.69, 9.17) is 0 Å². The first-order chi connectivity index (χ1) is 25.2. The molecule has 2 saturated heterocycles. The fourth-order valence-corrected chi connectivity index (χ4v) is 11.3. The number of carbonyl (C=O) groups is 3. The van der Waals surface area contributed by atoms with Crippen LogP contribution in [-0.2, 0) is 31.0 Å². The van der Waals surface area contributed by atoms with Gasteiger partial charge in [0.05, 0.1) is 0 Å². The van der Waals surface area contributed by atoms with Gasteiger partial charge in [-0.15, -0.1) is 0 Å². The molecule has 6 atom stereocenters. The second-order valence-electron chi connectivity index (χ2n) is 16.8. The van der Waals surface area contributed by atoms with E-state index in [2.05, 4.69) is 95.7 Å². The van der Waals surface area contributed by atoms with Gasteiger partial charge in [-0.1, -0.05) is 84.8 Å². The predicted octanol–water partition coefficient (Wildman–Crippen LogP) is 8.21. The molecule has 5 aliphatic rings. The Bertz CT molecular complexity index is 1830. The monoisotopic (exact) mass is 699 g/mol. The fraction of sp³-hybridized carbons (Fsp3) is 0.543. The second-order valence-corrected chi connectivity index (χ2v) is 16.8. The van der Waals surface area contributed by atoms with Crippen LogP contribution < -0.4 is 5.32 Å². The summed E-state index contributed by atoms with van der Waals surface area (Å²) in [7, 11) is 1.91. The summed E-state index contributed by atoms with van der Waals surface area (Å²) in [5, 5.41) is 3.44. The number of nitrogens with zero attached hydrogens (tertiary/aromatic N) is 2. The SMILES string of the molecule is CNC1(c2cc(C)cc(C3CCCC(c4cccc(C5CCCC(c6ccccc6)(N6CCC6C)C5=O)c4)(N4CCCC4)C3=O)c2)CCCCC1=O. The maximum absolute atomic E-state index is 15.5.